The van der Waals surface area contributed by atoms with Crippen LogP contribution in [0.4, 0.5) is 5.82 Å². The summed E-state index contributed by atoms with van der Waals surface area (Å²) in [6.45, 7) is 9.10. The van der Waals surface area contributed by atoms with Crippen molar-refractivity contribution >= 4 is 27.3 Å². The van der Waals surface area contributed by atoms with Crippen molar-refractivity contribution in [1.82, 2.24) is 4.98 Å². The first-order valence-electron chi connectivity index (χ1n) is 7.44. The molecule has 0 spiro atoms. The zero-order valence-electron chi connectivity index (χ0n) is 13.5. The molecule has 1 aliphatic rings. The molecule has 0 amide bonds. The maximum Gasteiger partial charge on any atom is 0.159 e. The van der Waals surface area contributed by atoms with Gasteiger partial charge in [0.2, 0.25) is 0 Å². The summed E-state index contributed by atoms with van der Waals surface area (Å²) in [7, 11) is -3.26. The molecule has 1 unspecified atom stereocenters. The van der Waals surface area contributed by atoms with Gasteiger partial charge in [0.15, 0.2) is 9.84 Å². The minimum atomic E-state index is -3.26. The molecular formula is C15H23ClN2O3S. The monoisotopic (exact) mass is 346 g/mol. The first-order valence-corrected chi connectivity index (χ1v) is 9.47. The molecule has 1 aromatic rings. The number of hydrogen-bond acceptors (Lipinski definition) is 5. The maximum absolute atomic E-state index is 12.4. The fourth-order valence-corrected chi connectivity index (χ4v) is 3.99. The van der Waals surface area contributed by atoms with E-state index >= 15 is 0 Å². The molecule has 0 bridgehead atoms. The third kappa shape index (κ3) is 3.24. The van der Waals surface area contributed by atoms with Crippen molar-refractivity contribution in [2.45, 2.75) is 38.5 Å². The number of halogens is 1. The standard InChI is InChI=1S/C15H23ClN2O3S/c1-5-22(19,20)15(3,4)12-8-13(16)17-14(9-12)18-6-7-21-10-11(18)2/h8-9,11H,5-7,10H2,1-4H3. The second-order valence-electron chi connectivity index (χ2n) is 6.07. The summed E-state index contributed by atoms with van der Waals surface area (Å²) in [5.41, 5.74) is 0.669. The smallest absolute Gasteiger partial charge is 0.159 e. The predicted octanol–water partition coefficient (Wildman–Crippen LogP) is 2.63. The lowest BCUT2D eigenvalue weighted by atomic mass is 10.0. The molecule has 1 saturated heterocycles. The van der Waals surface area contributed by atoms with Gasteiger partial charge in [0.25, 0.3) is 0 Å². The SMILES string of the molecule is CCS(=O)(=O)C(C)(C)c1cc(Cl)nc(N2CCOCC2C)c1. The van der Waals surface area contributed by atoms with Gasteiger partial charge in [0.1, 0.15) is 11.0 Å². The van der Waals surface area contributed by atoms with E-state index in [1.165, 1.54) is 0 Å². The normalized spacial score (nSPS) is 20.2. The van der Waals surface area contributed by atoms with E-state index < -0.39 is 14.6 Å². The van der Waals surface area contributed by atoms with Gasteiger partial charge >= 0.3 is 0 Å². The molecule has 0 saturated carbocycles. The highest BCUT2D eigenvalue weighted by molar-refractivity contribution is 7.92. The lowest BCUT2D eigenvalue weighted by Gasteiger charge is -2.35. The molecule has 0 radical (unpaired) electrons. The van der Waals surface area contributed by atoms with Gasteiger partial charge in [-0.3, -0.25) is 0 Å². The Labute approximate surface area is 137 Å². The van der Waals surface area contributed by atoms with Crippen LogP contribution in [0.25, 0.3) is 0 Å². The molecule has 7 heteroatoms. The van der Waals surface area contributed by atoms with E-state index in [2.05, 4.69) is 16.8 Å². The second kappa shape index (κ2) is 6.34. The predicted molar refractivity (Wildman–Crippen MR) is 89.4 cm³/mol. The third-order valence-electron chi connectivity index (χ3n) is 4.30. The number of sulfone groups is 1. The van der Waals surface area contributed by atoms with Crippen molar-refractivity contribution in [3.05, 3.63) is 22.8 Å². The lowest BCUT2D eigenvalue weighted by molar-refractivity contribution is 0.0985. The first kappa shape index (κ1) is 17.5. The fourth-order valence-electron chi connectivity index (χ4n) is 2.59. The molecule has 0 N–H and O–H groups in total. The highest BCUT2D eigenvalue weighted by atomic mass is 35.5. The van der Waals surface area contributed by atoms with Crippen molar-refractivity contribution < 1.29 is 13.2 Å². The van der Waals surface area contributed by atoms with Crippen molar-refractivity contribution in [2.24, 2.45) is 0 Å². The molecule has 1 atom stereocenters. The molecule has 0 aliphatic carbocycles. The molecule has 1 fully saturated rings. The van der Waals surface area contributed by atoms with Gasteiger partial charge in [-0.15, -0.1) is 0 Å². The van der Waals surface area contributed by atoms with Crippen molar-refractivity contribution in [1.29, 1.82) is 0 Å². The van der Waals surface area contributed by atoms with E-state index in [4.69, 9.17) is 16.3 Å². The van der Waals surface area contributed by atoms with Crippen LogP contribution in [0.15, 0.2) is 12.1 Å². The number of rotatable bonds is 4. The van der Waals surface area contributed by atoms with E-state index in [-0.39, 0.29) is 11.8 Å². The summed E-state index contributed by atoms with van der Waals surface area (Å²) in [5.74, 6) is 0.793. The summed E-state index contributed by atoms with van der Waals surface area (Å²) < 4.78 is 29.2. The number of anilines is 1. The van der Waals surface area contributed by atoms with Crippen molar-refractivity contribution in [3.8, 4) is 0 Å². The van der Waals surface area contributed by atoms with Crippen molar-refractivity contribution in [3.63, 3.8) is 0 Å². The van der Waals surface area contributed by atoms with Crippen LogP contribution < -0.4 is 4.90 Å². The van der Waals surface area contributed by atoms with Crippen molar-refractivity contribution in [2.75, 3.05) is 30.4 Å². The van der Waals surface area contributed by atoms with Gasteiger partial charge in [-0.05, 0) is 38.5 Å². The van der Waals surface area contributed by atoms with Crippen LogP contribution in [0.3, 0.4) is 0 Å². The number of ether oxygens (including phenoxy) is 1. The lowest BCUT2D eigenvalue weighted by Crippen LogP contribution is -2.44. The highest BCUT2D eigenvalue weighted by Crippen LogP contribution is 2.34. The Hall–Kier alpha value is -0.850. The van der Waals surface area contributed by atoms with E-state index in [9.17, 15) is 8.42 Å². The van der Waals surface area contributed by atoms with E-state index in [1.807, 2.05) is 6.07 Å². The highest BCUT2D eigenvalue weighted by Gasteiger charge is 2.36. The van der Waals surface area contributed by atoms with Gasteiger partial charge < -0.3 is 9.64 Å². The zero-order chi connectivity index (χ0) is 16.5. The molecule has 1 aliphatic heterocycles. The number of pyridine rings is 1. The van der Waals surface area contributed by atoms with Gasteiger partial charge in [-0.1, -0.05) is 18.5 Å². The number of hydrogen-bond donors (Lipinski definition) is 0. The van der Waals surface area contributed by atoms with E-state index in [0.717, 1.165) is 6.54 Å². The van der Waals surface area contributed by atoms with Gasteiger partial charge in [-0.25, -0.2) is 13.4 Å². The van der Waals surface area contributed by atoms with E-state index in [0.29, 0.717) is 29.7 Å². The van der Waals surface area contributed by atoms with Crippen LogP contribution >= 0.6 is 11.6 Å². The average Bonchev–Trinajstić information content (AvgIpc) is 2.46. The van der Waals surface area contributed by atoms with Crippen LogP contribution in [-0.4, -0.2) is 45.0 Å². The molecule has 1 aromatic heterocycles. The van der Waals surface area contributed by atoms with Crippen LogP contribution in [0.2, 0.25) is 5.15 Å². The molecule has 0 aromatic carbocycles. The minimum Gasteiger partial charge on any atom is -0.377 e. The maximum atomic E-state index is 12.4. The third-order valence-corrected chi connectivity index (χ3v) is 7.04. The molecular weight excluding hydrogens is 324 g/mol. The van der Waals surface area contributed by atoms with Gasteiger partial charge in [0.05, 0.1) is 24.0 Å². The van der Waals surface area contributed by atoms with Crippen LogP contribution in [0.5, 0.6) is 0 Å². The quantitative estimate of drug-likeness (QED) is 0.784. The largest absolute Gasteiger partial charge is 0.377 e. The van der Waals surface area contributed by atoms with E-state index in [1.54, 1.807) is 26.8 Å². The number of nitrogens with zero attached hydrogens (tertiary/aromatic N) is 2. The zero-order valence-corrected chi connectivity index (χ0v) is 15.0. The second-order valence-corrected chi connectivity index (χ2v) is 9.28. The Balaban J connectivity index is 2.47. The summed E-state index contributed by atoms with van der Waals surface area (Å²) in [4.78, 5) is 6.47. The summed E-state index contributed by atoms with van der Waals surface area (Å²) in [6.07, 6.45) is 0. The summed E-state index contributed by atoms with van der Waals surface area (Å²) >= 11 is 6.15. The molecule has 2 rings (SSSR count). The number of aromatic nitrogens is 1. The molecule has 5 nitrogen and oxygen atoms in total. The summed E-state index contributed by atoms with van der Waals surface area (Å²) in [5, 5.41) is 0.311. The first-order chi connectivity index (χ1) is 10.2. The number of morpholine rings is 1. The Morgan fingerprint density at radius 3 is 2.73 bits per heavy atom. The Morgan fingerprint density at radius 2 is 2.14 bits per heavy atom. The Kier molecular flexibility index (Phi) is 5.04. The Morgan fingerprint density at radius 1 is 1.45 bits per heavy atom. The molecule has 124 valence electrons. The van der Waals surface area contributed by atoms with Crippen LogP contribution in [0, 0.1) is 0 Å². The molecule has 2 heterocycles. The Bertz CT molecular complexity index is 646. The average molecular weight is 347 g/mol. The van der Waals surface area contributed by atoms with Gasteiger partial charge in [-0.2, -0.15) is 0 Å². The minimum absolute atomic E-state index is 0.0865. The summed E-state index contributed by atoms with van der Waals surface area (Å²) in [6, 6.07) is 3.66. The van der Waals surface area contributed by atoms with Gasteiger partial charge in [0, 0.05) is 12.3 Å². The topological polar surface area (TPSA) is 59.5 Å². The van der Waals surface area contributed by atoms with Crippen LogP contribution in [0.1, 0.15) is 33.3 Å². The van der Waals surface area contributed by atoms with Crippen LogP contribution in [-0.2, 0) is 19.3 Å². The molecule has 22 heavy (non-hydrogen) atoms. The fraction of sp³-hybridized carbons (Fsp3) is 0.667.